The Labute approximate surface area is 136 Å². The van der Waals surface area contributed by atoms with Crippen molar-refractivity contribution in [3.8, 4) is 0 Å². The van der Waals surface area contributed by atoms with Crippen molar-refractivity contribution in [2.24, 2.45) is 0 Å². The number of hydrogen-bond acceptors (Lipinski definition) is 8. The lowest BCUT2D eigenvalue weighted by molar-refractivity contribution is -0.160. The van der Waals surface area contributed by atoms with Gasteiger partial charge in [0.05, 0.1) is 13.2 Å². The van der Waals surface area contributed by atoms with E-state index in [2.05, 4.69) is 0 Å². The fraction of sp³-hybridized carbons (Fsp3) is 0.667. The summed E-state index contributed by atoms with van der Waals surface area (Å²) < 4.78 is 0. The molecule has 0 fully saturated rings. The quantitative estimate of drug-likeness (QED) is 0.180. The van der Waals surface area contributed by atoms with Crippen LogP contribution in [-0.4, -0.2) is 116 Å². The third-order valence-corrected chi connectivity index (χ3v) is 3.11. The minimum atomic E-state index is -1.98. The normalized spacial score (nSPS) is 11.4. The van der Waals surface area contributed by atoms with E-state index in [-0.39, 0.29) is 26.2 Å². The number of hydrogen-bond donors (Lipinski definition) is 6. The van der Waals surface area contributed by atoms with Gasteiger partial charge in [0.1, 0.15) is 0 Å². The molecule has 138 valence electrons. The van der Waals surface area contributed by atoms with E-state index < -0.39 is 49.2 Å². The van der Waals surface area contributed by atoms with E-state index in [1.54, 1.807) is 0 Å². The molecule has 0 rings (SSSR count). The summed E-state index contributed by atoms with van der Waals surface area (Å²) in [6, 6.07) is -3.97. The molecule has 0 aliphatic carbocycles. The summed E-state index contributed by atoms with van der Waals surface area (Å²) in [5.74, 6) is -6.73. The van der Waals surface area contributed by atoms with E-state index in [0.29, 0.717) is 0 Å². The van der Waals surface area contributed by atoms with Gasteiger partial charge in [0.15, 0.2) is 0 Å². The molecular weight excluding hydrogens is 332 g/mol. The number of carboxylic acid groups (broad SMARTS) is 4. The van der Waals surface area contributed by atoms with Crippen molar-refractivity contribution in [2.75, 3.05) is 39.4 Å². The van der Waals surface area contributed by atoms with Crippen LogP contribution in [0.1, 0.15) is 0 Å². The van der Waals surface area contributed by atoms with Crippen molar-refractivity contribution in [1.82, 2.24) is 9.80 Å². The molecule has 0 aliphatic rings. The topological polar surface area (TPSA) is 196 Å². The number of rotatable bonds is 13. The standard InChI is InChI=1S/C12H20N2O10/c15-5-3-13(7(9(17)18)10(19)20)1-2-14(4-6-16)8(11(21)22)12(23)24/h7-8,15-16H,1-6H2,(H,17,18)(H,19,20)(H,21,22)(H,23,24). The fourth-order valence-electron chi connectivity index (χ4n) is 2.09. The second-order valence-corrected chi connectivity index (χ2v) is 4.68. The Morgan fingerprint density at radius 3 is 1.00 bits per heavy atom. The Bertz CT molecular complexity index is 399. The highest BCUT2D eigenvalue weighted by molar-refractivity contribution is 5.97. The van der Waals surface area contributed by atoms with E-state index >= 15 is 0 Å². The first-order valence-corrected chi connectivity index (χ1v) is 6.78. The first-order chi connectivity index (χ1) is 11.2. The summed E-state index contributed by atoms with van der Waals surface area (Å²) >= 11 is 0. The van der Waals surface area contributed by atoms with Crippen LogP contribution in [-0.2, 0) is 19.2 Å². The fourth-order valence-corrected chi connectivity index (χ4v) is 2.09. The van der Waals surface area contributed by atoms with Crippen LogP contribution in [0.4, 0.5) is 0 Å². The van der Waals surface area contributed by atoms with Gasteiger partial charge in [-0.15, -0.1) is 0 Å². The number of aliphatic hydroxyl groups excluding tert-OH is 2. The molecule has 24 heavy (non-hydrogen) atoms. The monoisotopic (exact) mass is 352 g/mol. The van der Waals surface area contributed by atoms with E-state index in [0.717, 1.165) is 9.80 Å². The number of carboxylic acids is 4. The summed E-state index contributed by atoms with van der Waals surface area (Å²) in [6.45, 7) is -2.47. The van der Waals surface area contributed by atoms with Gasteiger partial charge in [-0.2, -0.15) is 0 Å². The van der Waals surface area contributed by atoms with Gasteiger partial charge < -0.3 is 30.6 Å². The van der Waals surface area contributed by atoms with Gasteiger partial charge in [-0.3, -0.25) is 9.80 Å². The van der Waals surface area contributed by atoms with Crippen molar-refractivity contribution >= 4 is 23.9 Å². The zero-order valence-corrected chi connectivity index (χ0v) is 12.6. The molecule has 6 N–H and O–H groups in total. The lowest BCUT2D eigenvalue weighted by Crippen LogP contribution is -2.54. The van der Waals surface area contributed by atoms with Gasteiger partial charge in [-0.25, -0.2) is 19.2 Å². The van der Waals surface area contributed by atoms with Crippen LogP contribution in [0.2, 0.25) is 0 Å². The second-order valence-electron chi connectivity index (χ2n) is 4.68. The third-order valence-electron chi connectivity index (χ3n) is 3.11. The average molecular weight is 352 g/mol. The van der Waals surface area contributed by atoms with Crippen molar-refractivity contribution in [2.45, 2.75) is 12.1 Å². The summed E-state index contributed by atoms with van der Waals surface area (Å²) in [6.07, 6.45) is 0. The van der Waals surface area contributed by atoms with Crippen LogP contribution in [0.3, 0.4) is 0 Å². The highest BCUT2D eigenvalue weighted by atomic mass is 16.4. The van der Waals surface area contributed by atoms with Gasteiger partial charge in [0.25, 0.3) is 0 Å². The molecule has 0 radical (unpaired) electrons. The van der Waals surface area contributed by atoms with Crippen molar-refractivity contribution in [3.63, 3.8) is 0 Å². The highest BCUT2D eigenvalue weighted by Gasteiger charge is 2.35. The maximum Gasteiger partial charge on any atom is 0.332 e. The smallest absolute Gasteiger partial charge is 0.332 e. The van der Waals surface area contributed by atoms with Crippen molar-refractivity contribution in [3.05, 3.63) is 0 Å². The first kappa shape index (κ1) is 21.7. The summed E-state index contributed by atoms with van der Waals surface area (Å²) in [5, 5.41) is 53.7. The van der Waals surface area contributed by atoms with Gasteiger partial charge >= 0.3 is 23.9 Å². The van der Waals surface area contributed by atoms with Crippen LogP contribution < -0.4 is 0 Å². The average Bonchev–Trinajstić information content (AvgIpc) is 2.43. The summed E-state index contributed by atoms with van der Waals surface area (Å²) in [7, 11) is 0. The Hall–Kier alpha value is -2.28. The molecule has 0 amide bonds. The zero-order valence-electron chi connectivity index (χ0n) is 12.6. The molecule has 0 aromatic carbocycles. The van der Waals surface area contributed by atoms with Crippen molar-refractivity contribution < 1.29 is 49.8 Å². The molecule has 0 spiro atoms. The molecule has 0 unspecified atom stereocenters. The van der Waals surface area contributed by atoms with Crippen LogP contribution in [0.15, 0.2) is 0 Å². The summed E-state index contributed by atoms with van der Waals surface area (Å²) in [4.78, 5) is 45.8. The van der Waals surface area contributed by atoms with Gasteiger partial charge in [-0.1, -0.05) is 0 Å². The van der Waals surface area contributed by atoms with E-state index in [4.69, 9.17) is 30.6 Å². The first-order valence-electron chi connectivity index (χ1n) is 6.78. The largest absolute Gasteiger partial charge is 0.480 e. The Morgan fingerprint density at radius 2 is 0.833 bits per heavy atom. The second kappa shape index (κ2) is 10.5. The van der Waals surface area contributed by atoms with E-state index in [1.807, 2.05) is 0 Å². The lowest BCUT2D eigenvalue weighted by atomic mass is 10.2. The van der Waals surface area contributed by atoms with Gasteiger partial charge in [0.2, 0.25) is 12.1 Å². The highest BCUT2D eigenvalue weighted by Crippen LogP contribution is 2.05. The third kappa shape index (κ3) is 6.45. The molecule has 0 aromatic rings. The number of aliphatic hydroxyl groups is 2. The van der Waals surface area contributed by atoms with Crippen LogP contribution in [0.5, 0.6) is 0 Å². The number of aliphatic carboxylic acids is 4. The molecule has 0 aromatic heterocycles. The zero-order chi connectivity index (χ0) is 18.9. The van der Waals surface area contributed by atoms with Crippen LogP contribution in [0, 0.1) is 0 Å². The van der Waals surface area contributed by atoms with E-state index in [1.165, 1.54) is 0 Å². The maximum atomic E-state index is 11.0. The van der Waals surface area contributed by atoms with Gasteiger partial charge in [0, 0.05) is 26.2 Å². The lowest BCUT2D eigenvalue weighted by Gasteiger charge is -2.30. The molecule has 0 heterocycles. The predicted octanol–water partition coefficient (Wildman–Crippen LogP) is -3.35. The van der Waals surface area contributed by atoms with Gasteiger partial charge in [-0.05, 0) is 0 Å². The Balaban J connectivity index is 5.25. The molecule has 12 nitrogen and oxygen atoms in total. The minimum Gasteiger partial charge on any atom is -0.480 e. The molecule has 0 bridgehead atoms. The molecule has 0 saturated heterocycles. The molecule has 0 aliphatic heterocycles. The SMILES string of the molecule is O=C(O)C(C(=O)O)N(CCO)CCN(CCO)C(C(=O)O)C(=O)O. The van der Waals surface area contributed by atoms with Crippen molar-refractivity contribution in [1.29, 1.82) is 0 Å². The molecular formula is C12H20N2O10. The predicted molar refractivity (Wildman–Crippen MR) is 75.4 cm³/mol. The number of nitrogens with zero attached hydrogens (tertiary/aromatic N) is 2. The molecule has 0 atom stereocenters. The Kier molecular flexibility index (Phi) is 9.49. The number of carbonyl (C=O) groups is 4. The van der Waals surface area contributed by atoms with E-state index in [9.17, 15) is 19.2 Å². The molecule has 12 heteroatoms. The van der Waals surface area contributed by atoms with Crippen LogP contribution in [0.25, 0.3) is 0 Å². The van der Waals surface area contributed by atoms with Crippen LogP contribution >= 0.6 is 0 Å². The molecule has 0 saturated carbocycles. The minimum absolute atomic E-state index is 0.332. The Morgan fingerprint density at radius 1 is 0.583 bits per heavy atom. The maximum absolute atomic E-state index is 11.0. The summed E-state index contributed by atoms with van der Waals surface area (Å²) in [5.41, 5.74) is 0.